The van der Waals surface area contributed by atoms with Crippen molar-refractivity contribution in [3.05, 3.63) is 15.8 Å². The van der Waals surface area contributed by atoms with Crippen molar-refractivity contribution in [2.75, 3.05) is 18.6 Å². The second kappa shape index (κ2) is 5.73. The molecule has 0 aromatic carbocycles. The van der Waals surface area contributed by atoms with Crippen LogP contribution in [0.15, 0.2) is 12.3 Å². The van der Waals surface area contributed by atoms with E-state index in [0.717, 1.165) is 3.57 Å². The maximum Gasteiger partial charge on any atom is 0.413 e. The molecule has 0 aliphatic heterocycles. The molecular formula is C12H17IN2O3. The van der Waals surface area contributed by atoms with E-state index in [-0.39, 0.29) is 5.41 Å². The second-order valence-corrected chi connectivity index (χ2v) is 6.27. The lowest BCUT2D eigenvalue weighted by Gasteiger charge is -2.27. The van der Waals surface area contributed by atoms with Crippen molar-refractivity contribution >= 4 is 34.5 Å². The molecule has 0 atom stereocenters. The van der Waals surface area contributed by atoms with E-state index in [1.54, 1.807) is 19.4 Å². The predicted molar refractivity (Wildman–Crippen MR) is 78.3 cm³/mol. The van der Waals surface area contributed by atoms with Crippen LogP contribution in [0.2, 0.25) is 0 Å². The Labute approximate surface area is 120 Å². The third kappa shape index (κ3) is 4.01. The van der Waals surface area contributed by atoms with E-state index in [1.165, 1.54) is 4.90 Å². The highest BCUT2D eigenvalue weighted by Crippen LogP contribution is 2.26. The number of aromatic nitrogens is 1. The lowest BCUT2D eigenvalue weighted by molar-refractivity contribution is 0.198. The van der Waals surface area contributed by atoms with Gasteiger partial charge in [-0.2, -0.15) is 0 Å². The van der Waals surface area contributed by atoms with E-state index in [9.17, 15) is 9.90 Å². The Kier molecular flexibility index (Phi) is 4.78. The Morgan fingerprint density at radius 3 is 2.61 bits per heavy atom. The van der Waals surface area contributed by atoms with Gasteiger partial charge in [-0.05, 0) is 28.0 Å². The molecule has 1 aromatic heterocycles. The highest BCUT2D eigenvalue weighted by atomic mass is 127. The zero-order chi connectivity index (χ0) is 13.9. The van der Waals surface area contributed by atoms with Crippen molar-refractivity contribution in [3.63, 3.8) is 0 Å². The summed E-state index contributed by atoms with van der Waals surface area (Å²) in [7, 11) is 1.55. The van der Waals surface area contributed by atoms with Crippen molar-refractivity contribution in [3.8, 4) is 5.75 Å². The molecule has 0 bridgehead atoms. The van der Waals surface area contributed by atoms with Gasteiger partial charge in [-0.1, -0.05) is 20.8 Å². The first kappa shape index (κ1) is 15.0. The Morgan fingerprint density at radius 2 is 2.17 bits per heavy atom. The molecule has 1 rings (SSSR count). The molecule has 1 aromatic rings. The Balaban J connectivity index is 3.10. The molecule has 0 fully saturated rings. The summed E-state index contributed by atoms with van der Waals surface area (Å²) >= 11 is 2.09. The molecule has 0 aliphatic rings. The van der Waals surface area contributed by atoms with E-state index >= 15 is 0 Å². The maximum atomic E-state index is 11.3. The fourth-order valence-corrected chi connectivity index (χ4v) is 1.95. The minimum Gasteiger partial charge on any atom is -0.495 e. The summed E-state index contributed by atoms with van der Waals surface area (Å²) in [5.41, 5.74) is -0.143. The van der Waals surface area contributed by atoms with Crippen LogP contribution in [0.25, 0.3) is 0 Å². The number of hydrogen-bond acceptors (Lipinski definition) is 3. The number of nitrogens with zero attached hydrogens (tertiary/aromatic N) is 2. The smallest absolute Gasteiger partial charge is 0.413 e. The van der Waals surface area contributed by atoms with Gasteiger partial charge in [-0.25, -0.2) is 9.78 Å². The number of methoxy groups -OCH3 is 1. The number of hydrogen-bond donors (Lipinski definition) is 1. The molecule has 0 aliphatic carbocycles. The van der Waals surface area contributed by atoms with Crippen LogP contribution in [0.1, 0.15) is 20.8 Å². The zero-order valence-electron chi connectivity index (χ0n) is 10.9. The minimum absolute atomic E-state index is 0.143. The first-order chi connectivity index (χ1) is 8.24. The number of pyridine rings is 1. The molecule has 0 spiro atoms. The molecule has 18 heavy (non-hydrogen) atoms. The van der Waals surface area contributed by atoms with Gasteiger partial charge in [0.15, 0.2) is 0 Å². The molecule has 0 saturated heterocycles. The fraction of sp³-hybridized carbons (Fsp3) is 0.500. The lowest BCUT2D eigenvalue weighted by atomic mass is 9.96. The summed E-state index contributed by atoms with van der Waals surface area (Å²) < 4.78 is 6.03. The van der Waals surface area contributed by atoms with Gasteiger partial charge >= 0.3 is 6.09 Å². The summed E-state index contributed by atoms with van der Waals surface area (Å²) in [5.74, 6) is 1.01. The highest BCUT2D eigenvalue weighted by molar-refractivity contribution is 14.1. The monoisotopic (exact) mass is 364 g/mol. The van der Waals surface area contributed by atoms with Gasteiger partial charge in [0.1, 0.15) is 11.6 Å². The first-order valence-corrected chi connectivity index (χ1v) is 6.52. The Morgan fingerprint density at radius 1 is 1.56 bits per heavy atom. The number of rotatable bonds is 3. The third-order valence-corrected chi connectivity index (χ3v) is 2.98. The lowest BCUT2D eigenvalue weighted by Crippen LogP contribution is -2.37. The van der Waals surface area contributed by atoms with Gasteiger partial charge in [0, 0.05) is 18.8 Å². The van der Waals surface area contributed by atoms with E-state index in [0.29, 0.717) is 18.1 Å². The zero-order valence-corrected chi connectivity index (χ0v) is 13.1. The average molecular weight is 364 g/mol. The molecular weight excluding hydrogens is 347 g/mol. The SMILES string of the molecule is COc1cc(N(CC(C)(C)C)C(=O)O)ncc1I. The van der Waals surface area contributed by atoms with E-state index < -0.39 is 6.09 Å². The maximum absolute atomic E-state index is 11.3. The molecule has 0 saturated carbocycles. The number of amides is 1. The molecule has 0 unspecified atom stereocenters. The number of halogens is 1. The van der Waals surface area contributed by atoms with Gasteiger partial charge in [-0.3, -0.25) is 4.90 Å². The molecule has 1 amide bonds. The quantitative estimate of drug-likeness (QED) is 0.837. The standard InChI is InChI=1S/C12H17IN2O3/c1-12(2,3)7-15(11(16)17)10-5-9(18-4)8(13)6-14-10/h5-6H,7H2,1-4H3,(H,16,17). The number of carboxylic acid groups (broad SMARTS) is 1. The minimum atomic E-state index is -1.01. The van der Waals surface area contributed by atoms with Gasteiger partial charge in [0.25, 0.3) is 0 Å². The van der Waals surface area contributed by atoms with Crippen LogP contribution in [0.3, 0.4) is 0 Å². The summed E-state index contributed by atoms with van der Waals surface area (Å²) in [5, 5.41) is 9.27. The van der Waals surface area contributed by atoms with Crippen molar-refractivity contribution in [1.82, 2.24) is 4.98 Å². The molecule has 1 N–H and O–H groups in total. The highest BCUT2D eigenvalue weighted by Gasteiger charge is 2.23. The van der Waals surface area contributed by atoms with Crippen LogP contribution < -0.4 is 9.64 Å². The van der Waals surface area contributed by atoms with E-state index in [1.807, 2.05) is 20.8 Å². The summed E-state index contributed by atoms with van der Waals surface area (Å²) in [6.07, 6.45) is 0.591. The van der Waals surface area contributed by atoms with E-state index in [2.05, 4.69) is 27.6 Å². The van der Waals surface area contributed by atoms with Gasteiger partial charge in [-0.15, -0.1) is 0 Å². The summed E-state index contributed by atoms with van der Waals surface area (Å²) in [6, 6.07) is 1.64. The normalized spacial score (nSPS) is 11.2. The van der Waals surface area contributed by atoms with Crippen LogP contribution in [0.5, 0.6) is 5.75 Å². The van der Waals surface area contributed by atoms with Crippen molar-refractivity contribution in [2.45, 2.75) is 20.8 Å². The van der Waals surface area contributed by atoms with Crippen LogP contribution in [0, 0.1) is 8.99 Å². The Hall–Kier alpha value is -1.05. The number of ether oxygens (including phenoxy) is 1. The fourth-order valence-electron chi connectivity index (χ4n) is 1.43. The molecule has 100 valence electrons. The third-order valence-electron chi connectivity index (χ3n) is 2.17. The predicted octanol–water partition coefficient (Wildman–Crippen LogP) is 3.23. The second-order valence-electron chi connectivity index (χ2n) is 5.11. The van der Waals surface area contributed by atoms with Crippen LogP contribution in [-0.4, -0.2) is 29.8 Å². The van der Waals surface area contributed by atoms with Crippen molar-refractivity contribution < 1.29 is 14.6 Å². The topological polar surface area (TPSA) is 62.7 Å². The molecule has 0 radical (unpaired) electrons. The first-order valence-electron chi connectivity index (χ1n) is 5.44. The van der Waals surface area contributed by atoms with Crippen molar-refractivity contribution in [1.29, 1.82) is 0 Å². The molecule has 5 nitrogen and oxygen atoms in total. The largest absolute Gasteiger partial charge is 0.495 e. The van der Waals surface area contributed by atoms with Gasteiger partial charge < -0.3 is 9.84 Å². The number of carbonyl (C=O) groups is 1. The van der Waals surface area contributed by atoms with Crippen LogP contribution in [-0.2, 0) is 0 Å². The van der Waals surface area contributed by atoms with Crippen LogP contribution >= 0.6 is 22.6 Å². The van der Waals surface area contributed by atoms with E-state index in [4.69, 9.17) is 4.74 Å². The summed E-state index contributed by atoms with van der Waals surface area (Å²) in [6.45, 7) is 6.31. The van der Waals surface area contributed by atoms with Gasteiger partial charge in [0.05, 0.1) is 10.7 Å². The Bertz CT molecular complexity index is 443. The molecule has 1 heterocycles. The molecule has 6 heteroatoms. The van der Waals surface area contributed by atoms with Crippen molar-refractivity contribution in [2.24, 2.45) is 5.41 Å². The van der Waals surface area contributed by atoms with Crippen LogP contribution in [0.4, 0.5) is 10.6 Å². The average Bonchev–Trinajstić information content (AvgIpc) is 2.25. The number of anilines is 1. The van der Waals surface area contributed by atoms with Gasteiger partial charge in [0.2, 0.25) is 0 Å². The summed E-state index contributed by atoms with van der Waals surface area (Å²) in [4.78, 5) is 16.7.